The predicted molar refractivity (Wildman–Crippen MR) is 67.1 cm³/mol. The van der Waals surface area contributed by atoms with E-state index in [-0.39, 0.29) is 6.54 Å². The molecule has 0 amide bonds. The Morgan fingerprint density at radius 2 is 2.25 bits per heavy atom. The van der Waals surface area contributed by atoms with Crippen molar-refractivity contribution in [1.29, 1.82) is 0 Å². The van der Waals surface area contributed by atoms with Crippen molar-refractivity contribution in [3.63, 3.8) is 0 Å². The van der Waals surface area contributed by atoms with E-state index in [0.29, 0.717) is 12.5 Å². The summed E-state index contributed by atoms with van der Waals surface area (Å²) in [6.07, 6.45) is 0. The Labute approximate surface area is 105 Å². The molecule has 0 spiro atoms. The normalized spacial score (nSPS) is 11.3. The van der Waals surface area contributed by atoms with Gasteiger partial charge >= 0.3 is 5.97 Å². The van der Waals surface area contributed by atoms with E-state index < -0.39 is 5.97 Å². The maximum Gasteiger partial charge on any atom is 0.317 e. The molecule has 0 saturated carbocycles. The molecule has 0 bridgehead atoms. The fraction of sp³-hybridized carbons (Fsp3) is 0.545. The molecule has 5 heteroatoms. The van der Waals surface area contributed by atoms with Crippen molar-refractivity contribution in [3.05, 3.63) is 21.3 Å². The lowest BCUT2D eigenvalue weighted by Gasteiger charge is -2.21. The van der Waals surface area contributed by atoms with E-state index >= 15 is 0 Å². The molecule has 1 aromatic heterocycles. The lowest BCUT2D eigenvalue weighted by atomic mass is 10.2. The molecule has 90 valence electrons. The van der Waals surface area contributed by atoms with Crippen molar-refractivity contribution in [3.8, 4) is 0 Å². The van der Waals surface area contributed by atoms with Gasteiger partial charge in [0.15, 0.2) is 0 Å². The van der Waals surface area contributed by atoms with Crippen molar-refractivity contribution >= 4 is 28.9 Å². The zero-order chi connectivity index (χ0) is 12.1. The van der Waals surface area contributed by atoms with Gasteiger partial charge in [-0.1, -0.05) is 25.4 Å². The molecule has 0 aliphatic heterocycles. The van der Waals surface area contributed by atoms with Crippen LogP contribution in [0.2, 0.25) is 4.34 Å². The third kappa shape index (κ3) is 4.96. The second kappa shape index (κ2) is 6.23. The molecule has 3 nitrogen and oxygen atoms in total. The van der Waals surface area contributed by atoms with E-state index in [1.807, 2.05) is 17.0 Å². The summed E-state index contributed by atoms with van der Waals surface area (Å²) >= 11 is 7.34. The Bertz CT molecular complexity index is 352. The summed E-state index contributed by atoms with van der Waals surface area (Å²) in [7, 11) is 0. The zero-order valence-corrected chi connectivity index (χ0v) is 11.0. The molecular formula is C11H16ClNO2S. The number of halogens is 1. The van der Waals surface area contributed by atoms with Crippen LogP contribution >= 0.6 is 22.9 Å². The Morgan fingerprint density at radius 3 is 2.69 bits per heavy atom. The predicted octanol–water partition coefficient (Wildman–Crippen LogP) is 2.94. The number of hydrogen-bond donors (Lipinski definition) is 1. The van der Waals surface area contributed by atoms with Gasteiger partial charge in [-0.25, -0.2) is 0 Å². The summed E-state index contributed by atoms with van der Waals surface area (Å²) < 4.78 is 0.745. The number of rotatable bonds is 6. The average molecular weight is 262 g/mol. The number of hydrogen-bond acceptors (Lipinski definition) is 3. The Hall–Kier alpha value is -0.580. The maximum atomic E-state index is 10.7. The standard InChI is InChI=1S/C11H16ClNO2S/c1-8(2)5-13(7-11(14)15)6-9-3-4-10(12)16-9/h3-4,8H,5-7H2,1-2H3,(H,14,15). The van der Waals surface area contributed by atoms with E-state index in [2.05, 4.69) is 13.8 Å². The molecule has 1 rings (SSSR count). The quantitative estimate of drug-likeness (QED) is 0.856. The molecule has 0 atom stereocenters. The van der Waals surface area contributed by atoms with Crippen LogP contribution in [0.25, 0.3) is 0 Å². The van der Waals surface area contributed by atoms with Gasteiger partial charge in [0.1, 0.15) is 0 Å². The van der Waals surface area contributed by atoms with Gasteiger partial charge in [-0.2, -0.15) is 0 Å². The molecule has 1 aromatic rings. The Balaban J connectivity index is 2.58. The van der Waals surface area contributed by atoms with Gasteiger partial charge in [0.05, 0.1) is 10.9 Å². The fourth-order valence-electron chi connectivity index (χ4n) is 1.55. The van der Waals surface area contributed by atoms with Crippen LogP contribution in [0.3, 0.4) is 0 Å². The van der Waals surface area contributed by atoms with Crippen LogP contribution in [0.1, 0.15) is 18.7 Å². The highest BCUT2D eigenvalue weighted by molar-refractivity contribution is 7.16. The van der Waals surface area contributed by atoms with E-state index in [9.17, 15) is 4.79 Å². The van der Waals surface area contributed by atoms with Gasteiger partial charge in [-0.3, -0.25) is 9.69 Å². The highest BCUT2D eigenvalue weighted by Crippen LogP contribution is 2.22. The van der Waals surface area contributed by atoms with Gasteiger partial charge in [0, 0.05) is 18.0 Å². The fourth-order valence-corrected chi connectivity index (χ4v) is 2.68. The summed E-state index contributed by atoms with van der Waals surface area (Å²) in [5.41, 5.74) is 0. The molecule has 1 N–H and O–H groups in total. The van der Waals surface area contributed by atoms with Crippen molar-refractivity contribution < 1.29 is 9.90 Å². The SMILES string of the molecule is CC(C)CN(CC(=O)O)Cc1ccc(Cl)s1. The first-order valence-corrected chi connectivity index (χ1v) is 6.35. The van der Waals surface area contributed by atoms with Crippen LogP contribution in [0, 0.1) is 5.92 Å². The van der Waals surface area contributed by atoms with Crippen LogP contribution < -0.4 is 0 Å². The summed E-state index contributed by atoms with van der Waals surface area (Å²) in [4.78, 5) is 13.8. The lowest BCUT2D eigenvalue weighted by molar-refractivity contribution is -0.138. The van der Waals surface area contributed by atoms with Gasteiger partial charge in [-0.15, -0.1) is 11.3 Å². The monoisotopic (exact) mass is 261 g/mol. The van der Waals surface area contributed by atoms with Gasteiger partial charge < -0.3 is 5.11 Å². The molecule has 0 aliphatic carbocycles. The number of aliphatic carboxylic acids is 1. The number of carboxylic acids is 1. The largest absolute Gasteiger partial charge is 0.480 e. The van der Waals surface area contributed by atoms with Crippen LogP contribution in [-0.2, 0) is 11.3 Å². The molecular weight excluding hydrogens is 246 g/mol. The van der Waals surface area contributed by atoms with E-state index in [1.165, 1.54) is 11.3 Å². The molecule has 16 heavy (non-hydrogen) atoms. The lowest BCUT2D eigenvalue weighted by Crippen LogP contribution is -2.32. The minimum absolute atomic E-state index is 0.0771. The highest BCUT2D eigenvalue weighted by Gasteiger charge is 2.12. The second-order valence-electron chi connectivity index (χ2n) is 4.16. The zero-order valence-electron chi connectivity index (χ0n) is 9.44. The number of nitrogens with zero attached hydrogens (tertiary/aromatic N) is 1. The number of carbonyl (C=O) groups is 1. The van der Waals surface area contributed by atoms with E-state index in [4.69, 9.17) is 16.7 Å². The summed E-state index contributed by atoms with van der Waals surface area (Å²) in [6, 6.07) is 3.79. The first kappa shape index (κ1) is 13.5. The molecule has 0 aliphatic rings. The minimum atomic E-state index is -0.789. The van der Waals surface area contributed by atoms with Crippen molar-refractivity contribution in [2.75, 3.05) is 13.1 Å². The van der Waals surface area contributed by atoms with Crippen molar-refractivity contribution in [2.45, 2.75) is 20.4 Å². The Morgan fingerprint density at radius 1 is 1.56 bits per heavy atom. The maximum absolute atomic E-state index is 10.7. The molecule has 0 saturated heterocycles. The van der Waals surface area contributed by atoms with Gasteiger partial charge in [0.25, 0.3) is 0 Å². The molecule has 0 radical (unpaired) electrons. The van der Waals surface area contributed by atoms with E-state index in [0.717, 1.165) is 15.8 Å². The summed E-state index contributed by atoms with van der Waals surface area (Å²) in [5.74, 6) is -0.335. The summed E-state index contributed by atoms with van der Waals surface area (Å²) in [5, 5.41) is 8.82. The van der Waals surface area contributed by atoms with Crippen molar-refractivity contribution in [2.24, 2.45) is 5.92 Å². The van der Waals surface area contributed by atoms with Crippen LogP contribution in [0.15, 0.2) is 12.1 Å². The smallest absolute Gasteiger partial charge is 0.317 e. The van der Waals surface area contributed by atoms with E-state index in [1.54, 1.807) is 0 Å². The molecule has 1 heterocycles. The van der Waals surface area contributed by atoms with Gasteiger partial charge in [0.2, 0.25) is 0 Å². The Kier molecular flexibility index (Phi) is 5.25. The van der Waals surface area contributed by atoms with Crippen LogP contribution in [0.5, 0.6) is 0 Å². The topological polar surface area (TPSA) is 40.5 Å². The number of thiophene rings is 1. The van der Waals surface area contributed by atoms with Crippen molar-refractivity contribution in [1.82, 2.24) is 4.90 Å². The number of carboxylic acid groups (broad SMARTS) is 1. The second-order valence-corrected chi connectivity index (χ2v) is 5.96. The average Bonchev–Trinajstić information content (AvgIpc) is 2.48. The first-order valence-electron chi connectivity index (χ1n) is 5.15. The van der Waals surface area contributed by atoms with Crippen LogP contribution in [0.4, 0.5) is 0 Å². The molecule has 0 aromatic carbocycles. The molecule has 0 fully saturated rings. The molecule has 0 unspecified atom stereocenters. The third-order valence-electron chi connectivity index (χ3n) is 1.99. The summed E-state index contributed by atoms with van der Waals surface area (Å²) in [6.45, 7) is 5.67. The van der Waals surface area contributed by atoms with Crippen LogP contribution in [-0.4, -0.2) is 29.1 Å². The van der Waals surface area contributed by atoms with Gasteiger partial charge in [-0.05, 0) is 18.1 Å². The first-order chi connectivity index (χ1) is 7.47. The minimum Gasteiger partial charge on any atom is -0.480 e. The third-order valence-corrected chi connectivity index (χ3v) is 3.21. The highest BCUT2D eigenvalue weighted by atomic mass is 35.5.